The van der Waals surface area contributed by atoms with Gasteiger partial charge in [-0.15, -0.1) is 0 Å². The van der Waals surface area contributed by atoms with E-state index in [1.807, 2.05) is 24.3 Å². The Morgan fingerprint density at radius 1 is 1.29 bits per heavy atom. The van der Waals surface area contributed by atoms with Crippen molar-refractivity contribution in [3.8, 4) is 0 Å². The molecule has 21 heavy (non-hydrogen) atoms. The van der Waals surface area contributed by atoms with Crippen LogP contribution in [0.1, 0.15) is 5.56 Å². The van der Waals surface area contributed by atoms with E-state index in [1.54, 1.807) is 0 Å². The lowest BCUT2D eigenvalue weighted by atomic mass is 10.1. The van der Waals surface area contributed by atoms with E-state index in [0.29, 0.717) is 24.7 Å². The Kier molecular flexibility index (Phi) is 5.27. The lowest BCUT2D eigenvalue weighted by Crippen LogP contribution is -2.33. The summed E-state index contributed by atoms with van der Waals surface area (Å²) in [5.74, 6) is -0.261. The third kappa shape index (κ3) is 4.40. The maximum Gasteiger partial charge on any atom is 0.214 e. The van der Waals surface area contributed by atoms with Crippen LogP contribution in [-0.2, 0) is 16.6 Å². The number of aliphatic hydroxyl groups excluding tert-OH is 1. The number of hydrogen-bond donors (Lipinski definition) is 1. The quantitative estimate of drug-likeness (QED) is 0.874. The van der Waals surface area contributed by atoms with Crippen molar-refractivity contribution in [3.63, 3.8) is 0 Å². The Balaban J connectivity index is 1.96. The van der Waals surface area contributed by atoms with Crippen LogP contribution in [-0.4, -0.2) is 61.8 Å². The zero-order valence-corrected chi connectivity index (χ0v) is 13.8. The van der Waals surface area contributed by atoms with Crippen LogP contribution in [0.25, 0.3) is 0 Å². The molecule has 0 bridgehead atoms. The number of rotatable bonds is 5. The lowest BCUT2D eigenvalue weighted by Gasteiger charge is -2.18. The van der Waals surface area contributed by atoms with Crippen LogP contribution in [0.15, 0.2) is 24.3 Å². The third-order valence-corrected chi connectivity index (χ3v) is 6.00. The van der Waals surface area contributed by atoms with Crippen molar-refractivity contribution >= 4 is 21.6 Å². The summed E-state index contributed by atoms with van der Waals surface area (Å²) in [6, 6.07) is 7.55. The summed E-state index contributed by atoms with van der Waals surface area (Å²) in [6.07, 6.45) is -0.605. The Morgan fingerprint density at radius 2 is 1.90 bits per heavy atom. The van der Waals surface area contributed by atoms with Crippen molar-refractivity contribution in [1.29, 1.82) is 0 Å². The van der Waals surface area contributed by atoms with Crippen LogP contribution in [0.4, 0.5) is 0 Å². The van der Waals surface area contributed by atoms with Crippen LogP contribution >= 0.6 is 11.6 Å². The van der Waals surface area contributed by atoms with Crippen molar-refractivity contribution in [1.82, 2.24) is 9.21 Å². The predicted molar refractivity (Wildman–Crippen MR) is 83.7 cm³/mol. The second-order valence-electron chi connectivity index (χ2n) is 5.71. The SMILES string of the molecule is CN(C)S(=O)(=O)CC1CN(Cc2ccc(Cl)cc2)CC1O. The van der Waals surface area contributed by atoms with E-state index < -0.39 is 16.1 Å². The molecule has 0 aliphatic carbocycles. The van der Waals surface area contributed by atoms with Gasteiger partial charge in [0.25, 0.3) is 0 Å². The van der Waals surface area contributed by atoms with Crippen molar-refractivity contribution in [3.05, 3.63) is 34.9 Å². The van der Waals surface area contributed by atoms with E-state index in [-0.39, 0.29) is 11.7 Å². The van der Waals surface area contributed by atoms with Gasteiger partial charge in [-0.25, -0.2) is 12.7 Å². The topological polar surface area (TPSA) is 60.9 Å². The fourth-order valence-electron chi connectivity index (χ4n) is 2.50. The number of halogens is 1. The summed E-state index contributed by atoms with van der Waals surface area (Å²) in [6.45, 7) is 1.76. The van der Waals surface area contributed by atoms with Gasteiger partial charge in [0, 0.05) is 44.7 Å². The highest BCUT2D eigenvalue weighted by Crippen LogP contribution is 2.22. The molecule has 0 amide bonds. The van der Waals surface area contributed by atoms with E-state index in [9.17, 15) is 13.5 Å². The average Bonchev–Trinajstić information content (AvgIpc) is 2.72. The molecule has 7 heteroatoms. The average molecular weight is 333 g/mol. The van der Waals surface area contributed by atoms with Gasteiger partial charge in [0.05, 0.1) is 11.9 Å². The summed E-state index contributed by atoms with van der Waals surface area (Å²) in [5, 5.41) is 10.8. The summed E-state index contributed by atoms with van der Waals surface area (Å²) in [7, 11) is -0.255. The van der Waals surface area contributed by atoms with Crippen molar-refractivity contribution in [2.45, 2.75) is 12.6 Å². The molecule has 1 aromatic carbocycles. The zero-order chi connectivity index (χ0) is 15.6. The highest BCUT2D eigenvalue weighted by atomic mass is 35.5. The molecule has 1 N–H and O–H groups in total. The van der Waals surface area contributed by atoms with Gasteiger partial charge in [-0.3, -0.25) is 4.90 Å². The van der Waals surface area contributed by atoms with Crippen molar-refractivity contribution in [2.75, 3.05) is 32.9 Å². The molecule has 0 aromatic heterocycles. The van der Waals surface area contributed by atoms with Crippen LogP contribution in [0, 0.1) is 5.92 Å². The van der Waals surface area contributed by atoms with Gasteiger partial charge in [-0.2, -0.15) is 0 Å². The normalized spacial score (nSPS) is 23.9. The first-order valence-corrected chi connectivity index (χ1v) is 8.82. The number of β-amino-alcohol motifs (C(OH)–C–C–N with tert-alkyl or cyclic N) is 1. The fourth-order valence-corrected chi connectivity index (χ4v) is 3.79. The molecule has 1 aliphatic rings. The molecular weight excluding hydrogens is 312 g/mol. The Morgan fingerprint density at radius 3 is 2.48 bits per heavy atom. The maximum atomic E-state index is 11.9. The molecule has 1 aliphatic heterocycles. The van der Waals surface area contributed by atoms with E-state index in [2.05, 4.69) is 4.90 Å². The van der Waals surface area contributed by atoms with Gasteiger partial charge in [0.1, 0.15) is 0 Å². The third-order valence-electron chi connectivity index (χ3n) is 3.78. The van der Waals surface area contributed by atoms with Crippen LogP contribution in [0.2, 0.25) is 5.02 Å². The minimum absolute atomic E-state index is 0.0156. The second-order valence-corrected chi connectivity index (χ2v) is 8.37. The largest absolute Gasteiger partial charge is 0.391 e. The van der Waals surface area contributed by atoms with Crippen LogP contribution in [0.5, 0.6) is 0 Å². The molecule has 2 unspecified atom stereocenters. The lowest BCUT2D eigenvalue weighted by molar-refractivity contribution is 0.148. The molecule has 2 atom stereocenters. The highest BCUT2D eigenvalue weighted by molar-refractivity contribution is 7.89. The zero-order valence-electron chi connectivity index (χ0n) is 12.2. The van der Waals surface area contributed by atoms with Gasteiger partial charge in [-0.1, -0.05) is 23.7 Å². The van der Waals surface area contributed by atoms with E-state index in [0.717, 1.165) is 5.56 Å². The Bertz CT molecular complexity index is 574. The second kappa shape index (κ2) is 6.62. The van der Waals surface area contributed by atoms with Gasteiger partial charge in [-0.05, 0) is 17.7 Å². The first kappa shape index (κ1) is 16.7. The van der Waals surface area contributed by atoms with Gasteiger partial charge in [0.2, 0.25) is 10.0 Å². The molecule has 1 heterocycles. The molecule has 118 valence electrons. The number of sulfonamides is 1. The standard InChI is InChI=1S/C14H21ClN2O3S/c1-16(2)21(19,20)10-12-8-17(9-14(12)18)7-11-3-5-13(15)6-4-11/h3-6,12,14,18H,7-10H2,1-2H3. The number of nitrogens with zero attached hydrogens (tertiary/aromatic N) is 2. The molecule has 1 fully saturated rings. The fraction of sp³-hybridized carbons (Fsp3) is 0.571. The monoisotopic (exact) mass is 332 g/mol. The highest BCUT2D eigenvalue weighted by Gasteiger charge is 2.35. The van der Waals surface area contributed by atoms with E-state index >= 15 is 0 Å². The summed E-state index contributed by atoms with van der Waals surface area (Å²) < 4.78 is 25.0. The first-order chi connectivity index (χ1) is 9.78. The molecule has 1 saturated heterocycles. The molecular formula is C14H21ClN2O3S. The van der Waals surface area contributed by atoms with Crippen LogP contribution in [0.3, 0.4) is 0 Å². The summed E-state index contributed by atoms with van der Waals surface area (Å²) in [5.41, 5.74) is 1.10. The number of aliphatic hydroxyl groups is 1. The molecule has 1 aromatic rings. The minimum Gasteiger partial charge on any atom is -0.391 e. The van der Waals surface area contributed by atoms with Gasteiger partial charge in [0.15, 0.2) is 0 Å². The molecule has 0 radical (unpaired) electrons. The van der Waals surface area contributed by atoms with E-state index in [1.165, 1.54) is 18.4 Å². The Hall–Kier alpha value is -0.660. The molecule has 5 nitrogen and oxygen atoms in total. The first-order valence-electron chi connectivity index (χ1n) is 6.83. The predicted octanol–water partition coefficient (Wildman–Crippen LogP) is 1.02. The maximum absolute atomic E-state index is 11.9. The molecule has 0 saturated carbocycles. The van der Waals surface area contributed by atoms with Crippen LogP contribution < -0.4 is 0 Å². The van der Waals surface area contributed by atoms with E-state index in [4.69, 9.17) is 11.6 Å². The van der Waals surface area contributed by atoms with Gasteiger partial charge >= 0.3 is 0 Å². The number of likely N-dealkylation sites (tertiary alicyclic amines) is 1. The smallest absolute Gasteiger partial charge is 0.214 e. The Labute approximate surface area is 131 Å². The summed E-state index contributed by atoms with van der Waals surface area (Å²) >= 11 is 5.85. The summed E-state index contributed by atoms with van der Waals surface area (Å²) in [4.78, 5) is 2.07. The van der Waals surface area contributed by atoms with Crippen molar-refractivity contribution < 1.29 is 13.5 Å². The van der Waals surface area contributed by atoms with Crippen molar-refractivity contribution in [2.24, 2.45) is 5.92 Å². The van der Waals surface area contributed by atoms with Gasteiger partial charge < -0.3 is 5.11 Å². The minimum atomic E-state index is -3.29. The molecule has 0 spiro atoms. The molecule has 2 rings (SSSR count). The number of hydrogen-bond acceptors (Lipinski definition) is 4. The number of benzene rings is 1.